The van der Waals surface area contributed by atoms with Crippen molar-refractivity contribution in [2.75, 3.05) is 18.4 Å². The predicted octanol–water partition coefficient (Wildman–Crippen LogP) is 3.24. The fourth-order valence-electron chi connectivity index (χ4n) is 2.73. The van der Waals surface area contributed by atoms with E-state index in [4.69, 9.17) is 0 Å². The van der Waals surface area contributed by atoms with Gasteiger partial charge in [0.2, 0.25) is 0 Å². The first-order chi connectivity index (χ1) is 10.7. The predicted molar refractivity (Wildman–Crippen MR) is 87.9 cm³/mol. The van der Waals surface area contributed by atoms with Crippen molar-refractivity contribution in [3.8, 4) is 0 Å². The van der Waals surface area contributed by atoms with E-state index in [9.17, 15) is 4.79 Å². The Kier molecular flexibility index (Phi) is 4.37. The molecular weight excluding hydrogens is 274 g/mol. The molecule has 0 unspecified atom stereocenters. The molecule has 4 nitrogen and oxygen atoms in total. The van der Waals surface area contributed by atoms with Crippen LogP contribution >= 0.6 is 0 Å². The van der Waals surface area contributed by atoms with Crippen LogP contribution in [0, 0.1) is 6.92 Å². The highest BCUT2D eigenvalue weighted by atomic mass is 16.2. The highest BCUT2D eigenvalue weighted by Gasteiger charge is 2.20. The lowest BCUT2D eigenvalue weighted by Crippen LogP contribution is -2.28. The molecule has 114 valence electrons. The maximum Gasteiger partial charge on any atom is 0.272 e. The molecule has 0 atom stereocenters. The van der Waals surface area contributed by atoms with Crippen LogP contribution in [-0.2, 0) is 6.54 Å². The number of nitrogens with one attached hydrogen (secondary N) is 1. The Morgan fingerprint density at radius 1 is 1.23 bits per heavy atom. The number of anilines is 1. The van der Waals surface area contributed by atoms with Gasteiger partial charge < -0.3 is 10.2 Å². The molecule has 2 heterocycles. The monoisotopic (exact) mass is 295 g/mol. The second-order valence-corrected chi connectivity index (χ2v) is 5.77. The molecule has 2 aromatic rings. The molecule has 0 aliphatic carbocycles. The molecular formula is C18H21N3O. The van der Waals surface area contributed by atoms with Gasteiger partial charge in [0.25, 0.3) is 5.91 Å². The molecule has 1 saturated heterocycles. The van der Waals surface area contributed by atoms with Crippen LogP contribution < -0.4 is 5.32 Å². The smallest absolute Gasteiger partial charge is 0.272 e. The first kappa shape index (κ1) is 14.6. The lowest BCUT2D eigenvalue weighted by atomic mass is 10.1. The minimum Gasteiger partial charge on any atom is -0.380 e. The number of amides is 1. The highest BCUT2D eigenvalue weighted by Crippen LogP contribution is 2.14. The van der Waals surface area contributed by atoms with E-state index >= 15 is 0 Å². The molecule has 0 saturated carbocycles. The standard InChI is InChI=1S/C18H21N3O/c1-14-5-4-6-15(11-14)12-19-16-7-8-17(20-13-16)18(22)21-9-2-3-10-21/h4-8,11,13,19H,2-3,9-10,12H2,1H3. The number of likely N-dealkylation sites (tertiary alicyclic amines) is 1. The van der Waals surface area contributed by atoms with Crippen LogP contribution in [0.15, 0.2) is 42.6 Å². The number of carbonyl (C=O) groups excluding carboxylic acids is 1. The Hall–Kier alpha value is -2.36. The van der Waals surface area contributed by atoms with Crippen molar-refractivity contribution in [3.05, 3.63) is 59.4 Å². The van der Waals surface area contributed by atoms with Crippen LogP contribution in [0.4, 0.5) is 5.69 Å². The van der Waals surface area contributed by atoms with Gasteiger partial charge in [0.05, 0.1) is 11.9 Å². The van der Waals surface area contributed by atoms with Gasteiger partial charge in [0.1, 0.15) is 5.69 Å². The van der Waals surface area contributed by atoms with Gasteiger partial charge in [-0.25, -0.2) is 4.98 Å². The minimum atomic E-state index is 0.0442. The molecule has 1 N–H and O–H groups in total. The number of aryl methyl sites for hydroxylation is 1. The number of aromatic nitrogens is 1. The van der Waals surface area contributed by atoms with E-state index in [2.05, 4.69) is 41.5 Å². The fourth-order valence-corrected chi connectivity index (χ4v) is 2.73. The molecule has 22 heavy (non-hydrogen) atoms. The Morgan fingerprint density at radius 3 is 2.73 bits per heavy atom. The molecule has 1 aromatic carbocycles. The van der Waals surface area contributed by atoms with Gasteiger partial charge >= 0.3 is 0 Å². The van der Waals surface area contributed by atoms with Gasteiger partial charge in [-0.3, -0.25) is 4.79 Å². The molecule has 3 rings (SSSR count). The van der Waals surface area contributed by atoms with Crippen molar-refractivity contribution in [3.63, 3.8) is 0 Å². The lowest BCUT2D eigenvalue weighted by molar-refractivity contribution is 0.0787. The number of pyridine rings is 1. The molecule has 4 heteroatoms. The number of benzene rings is 1. The van der Waals surface area contributed by atoms with Crippen molar-refractivity contribution in [2.24, 2.45) is 0 Å². The summed E-state index contributed by atoms with van der Waals surface area (Å²) in [6, 6.07) is 12.1. The van der Waals surface area contributed by atoms with E-state index < -0.39 is 0 Å². The van der Waals surface area contributed by atoms with Gasteiger partial charge in [0, 0.05) is 19.6 Å². The van der Waals surface area contributed by atoms with Gasteiger partial charge in [0.15, 0.2) is 0 Å². The van der Waals surface area contributed by atoms with Gasteiger partial charge in [-0.2, -0.15) is 0 Å². The third-order valence-electron chi connectivity index (χ3n) is 3.95. The molecule has 0 radical (unpaired) electrons. The normalized spacial score (nSPS) is 14.1. The average Bonchev–Trinajstić information content (AvgIpc) is 3.07. The quantitative estimate of drug-likeness (QED) is 0.942. The molecule has 1 aliphatic heterocycles. The van der Waals surface area contributed by atoms with Gasteiger partial charge in [-0.1, -0.05) is 29.8 Å². The summed E-state index contributed by atoms with van der Waals surface area (Å²) in [6.07, 6.45) is 3.93. The van der Waals surface area contributed by atoms with E-state index in [1.54, 1.807) is 12.3 Å². The Bertz CT molecular complexity index is 646. The Morgan fingerprint density at radius 2 is 2.05 bits per heavy atom. The van der Waals surface area contributed by atoms with Crippen LogP contribution in [0.25, 0.3) is 0 Å². The maximum atomic E-state index is 12.2. The van der Waals surface area contributed by atoms with E-state index in [0.29, 0.717) is 5.69 Å². The van der Waals surface area contributed by atoms with Crippen molar-refractivity contribution >= 4 is 11.6 Å². The summed E-state index contributed by atoms with van der Waals surface area (Å²) < 4.78 is 0. The van der Waals surface area contributed by atoms with Crippen LogP contribution in [0.5, 0.6) is 0 Å². The lowest BCUT2D eigenvalue weighted by Gasteiger charge is -2.14. The van der Waals surface area contributed by atoms with Gasteiger partial charge in [-0.15, -0.1) is 0 Å². The number of carbonyl (C=O) groups is 1. The third-order valence-corrected chi connectivity index (χ3v) is 3.95. The molecule has 1 aliphatic rings. The van der Waals surface area contributed by atoms with Crippen molar-refractivity contribution in [2.45, 2.75) is 26.3 Å². The van der Waals surface area contributed by atoms with E-state index in [1.807, 2.05) is 11.0 Å². The largest absolute Gasteiger partial charge is 0.380 e. The van der Waals surface area contributed by atoms with Crippen molar-refractivity contribution < 1.29 is 4.79 Å². The fraction of sp³-hybridized carbons (Fsp3) is 0.333. The molecule has 0 spiro atoms. The summed E-state index contributed by atoms with van der Waals surface area (Å²) in [5.41, 5.74) is 3.95. The Labute approximate surface area is 131 Å². The summed E-state index contributed by atoms with van der Waals surface area (Å²) in [5, 5.41) is 3.34. The van der Waals surface area contributed by atoms with Crippen LogP contribution in [0.3, 0.4) is 0 Å². The summed E-state index contributed by atoms with van der Waals surface area (Å²) in [6.45, 7) is 4.55. The summed E-state index contributed by atoms with van der Waals surface area (Å²) in [4.78, 5) is 18.4. The summed E-state index contributed by atoms with van der Waals surface area (Å²) >= 11 is 0. The zero-order valence-corrected chi connectivity index (χ0v) is 12.9. The second kappa shape index (κ2) is 6.60. The summed E-state index contributed by atoms with van der Waals surface area (Å²) in [7, 11) is 0. The van der Waals surface area contributed by atoms with E-state index in [-0.39, 0.29) is 5.91 Å². The molecule has 1 amide bonds. The SMILES string of the molecule is Cc1cccc(CNc2ccc(C(=O)N3CCCC3)nc2)c1. The average molecular weight is 295 g/mol. The number of hydrogen-bond acceptors (Lipinski definition) is 3. The first-order valence-corrected chi connectivity index (χ1v) is 7.77. The number of nitrogens with zero attached hydrogens (tertiary/aromatic N) is 2. The van der Waals surface area contributed by atoms with Crippen molar-refractivity contribution in [1.82, 2.24) is 9.88 Å². The zero-order valence-electron chi connectivity index (χ0n) is 12.9. The van der Waals surface area contributed by atoms with E-state index in [0.717, 1.165) is 38.2 Å². The first-order valence-electron chi connectivity index (χ1n) is 7.77. The van der Waals surface area contributed by atoms with Crippen LogP contribution in [0.2, 0.25) is 0 Å². The molecule has 1 fully saturated rings. The zero-order chi connectivity index (χ0) is 15.4. The minimum absolute atomic E-state index is 0.0442. The second-order valence-electron chi connectivity index (χ2n) is 5.77. The van der Waals surface area contributed by atoms with Crippen molar-refractivity contribution in [1.29, 1.82) is 0 Å². The van der Waals surface area contributed by atoms with E-state index in [1.165, 1.54) is 11.1 Å². The van der Waals surface area contributed by atoms with Crippen LogP contribution in [0.1, 0.15) is 34.5 Å². The Balaban J connectivity index is 1.60. The molecule has 1 aromatic heterocycles. The number of hydrogen-bond donors (Lipinski definition) is 1. The highest BCUT2D eigenvalue weighted by molar-refractivity contribution is 5.92. The third kappa shape index (κ3) is 3.45. The molecule has 0 bridgehead atoms. The maximum absolute atomic E-state index is 12.2. The van der Waals surface area contributed by atoms with Crippen LogP contribution in [-0.4, -0.2) is 28.9 Å². The summed E-state index contributed by atoms with van der Waals surface area (Å²) in [5.74, 6) is 0.0442. The topological polar surface area (TPSA) is 45.2 Å². The number of rotatable bonds is 4. The van der Waals surface area contributed by atoms with Gasteiger partial charge in [-0.05, 0) is 37.5 Å².